The Labute approximate surface area is 149 Å². The maximum Gasteiger partial charge on any atom is 0.0839 e. The summed E-state index contributed by atoms with van der Waals surface area (Å²) in [6.07, 6.45) is 7.02. The van der Waals surface area contributed by atoms with Crippen molar-refractivity contribution in [3.8, 4) is 0 Å². The first-order valence-electron chi connectivity index (χ1n) is 9.92. The quantitative estimate of drug-likeness (QED) is 0.635. The number of rotatable bonds is 0. The van der Waals surface area contributed by atoms with E-state index in [-0.39, 0.29) is 22.7 Å². The number of aromatic amines is 1. The molecule has 4 heteroatoms. The molecule has 0 aliphatic heterocycles. The van der Waals surface area contributed by atoms with E-state index in [1.54, 1.807) is 0 Å². The van der Waals surface area contributed by atoms with Crippen LogP contribution in [0.4, 0.5) is 0 Å². The zero-order chi connectivity index (χ0) is 17.6. The first kappa shape index (κ1) is 16.1. The normalized spacial score (nSPS) is 51.4. The Bertz CT molecular complexity index is 727. The van der Waals surface area contributed by atoms with Gasteiger partial charge >= 0.3 is 0 Å². The lowest BCUT2D eigenvalue weighted by molar-refractivity contribution is -0.201. The molecular formula is C21H30N2O2. The molecule has 0 aromatic carbocycles. The summed E-state index contributed by atoms with van der Waals surface area (Å²) < 4.78 is 0. The Kier molecular flexibility index (Phi) is 3.20. The SMILES string of the molecule is C=C1CC[C@H]2C3C(O)[C@H](O)[C@H]4Cc5[nH]ncc5C[C@]4(C)[C@H]3CC[C@]12C. The zero-order valence-corrected chi connectivity index (χ0v) is 15.3. The fraction of sp³-hybridized carbons (Fsp3) is 0.762. The van der Waals surface area contributed by atoms with Gasteiger partial charge in [0.15, 0.2) is 0 Å². The van der Waals surface area contributed by atoms with Crippen molar-refractivity contribution in [3.05, 3.63) is 29.6 Å². The zero-order valence-electron chi connectivity index (χ0n) is 15.3. The molecule has 0 amide bonds. The summed E-state index contributed by atoms with van der Waals surface area (Å²) in [6, 6.07) is 0. The van der Waals surface area contributed by atoms with Crippen LogP contribution in [0.3, 0.4) is 0 Å². The van der Waals surface area contributed by atoms with Crippen molar-refractivity contribution in [2.45, 2.75) is 64.6 Å². The summed E-state index contributed by atoms with van der Waals surface area (Å²) in [6.45, 7) is 9.08. The Hall–Kier alpha value is -1.13. The molecule has 3 saturated carbocycles. The number of aliphatic hydroxyl groups excluding tert-OH is 2. The van der Waals surface area contributed by atoms with Gasteiger partial charge in [0.05, 0.1) is 18.4 Å². The van der Waals surface area contributed by atoms with Crippen LogP contribution >= 0.6 is 0 Å². The molecule has 3 fully saturated rings. The third-order valence-corrected chi connectivity index (χ3v) is 8.94. The van der Waals surface area contributed by atoms with Gasteiger partial charge in [-0.3, -0.25) is 5.10 Å². The average molecular weight is 342 g/mol. The monoisotopic (exact) mass is 342 g/mol. The Morgan fingerprint density at radius 3 is 2.76 bits per heavy atom. The van der Waals surface area contributed by atoms with Gasteiger partial charge in [0.2, 0.25) is 0 Å². The van der Waals surface area contributed by atoms with Crippen molar-refractivity contribution in [2.24, 2.45) is 34.5 Å². The molecule has 8 atom stereocenters. The number of H-pyrrole nitrogens is 1. The molecule has 4 nitrogen and oxygen atoms in total. The molecule has 0 saturated heterocycles. The largest absolute Gasteiger partial charge is 0.390 e. The molecule has 0 bridgehead atoms. The topological polar surface area (TPSA) is 69.1 Å². The van der Waals surface area contributed by atoms with Gasteiger partial charge in [0.25, 0.3) is 0 Å². The predicted molar refractivity (Wildman–Crippen MR) is 95.8 cm³/mol. The second-order valence-corrected chi connectivity index (χ2v) is 9.74. The molecule has 3 N–H and O–H groups in total. The van der Waals surface area contributed by atoms with E-state index in [1.165, 1.54) is 17.6 Å². The van der Waals surface area contributed by atoms with E-state index in [4.69, 9.17) is 0 Å². The van der Waals surface area contributed by atoms with Crippen LogP contribution in [0.15, 0.2) is 18.3 Å². The highest BCUT2D eigenvalue weighted by atomic mass is 16.3. The van der Waals surface area contributed by atoms with Crippen molar-refractivity contribution in [1.82, 2.24) is 10.2 Å². The number of allylic oxidation sites excluding steroid dienone is 1. The molecule has 0 spiro atoms. The van der Waals surface area contributed by atoms with Crippen LogP contribution in [0.5, 0.6) is 0 Å². The molecule has 25 heavy (non-hydrogen) atoms. The van der Waals surface area contributed by atoms with E-state index in [9.17, 15) is 10.2 Å². The third-order valence-electron chi connectivity index (χ3n) is 8.94. The highest BCUT2D eigenvalue weighted by Crippen LogP contribution is 2.66. The summed E-state index contributed by atoms with van der Waals surface area (Å²) >= 11 is 0. The van der Waals surface area contributed by atoms with Gasteiger partial charge in [-0.2, -0.15) is 5.10 Å². The molecule has 4 aliphatic rings. The molecule has 2 unspecified atom stereocenters. The van der Waals surface area contributed by atoms with E-state index in [1.807, 2.05) is 6.20 Å². The number of nitrogens with zero attached hydrogens (tertiary/aromatic N) is 1. The molecule has 1 aromatic rings. The highest BCUT2D eigenvalue weighted by molar-refractivity contribution is 5.29. The standard InChI is InChI=1S/C21H30N2O2/c1-11-4-5-13-17-14(6-7-20(11,13)2)21(3)9-12-10-22-23-16(12)8-15(21)18(24)19(17)25/h10,13-15,17-19,24-25H,1,4-9H2,2-3H3,(H,22,23)/t13-,14-,15+,17?,18+,19?,20+,21+/m0/s1. The minimum Gasteiger partial charge on any atom is -0.390 e. The highest BCUT2D eigenvalue weighted by Gasteiger charge is 2.63. The van der Waals surface area contributed by atoms with E-state index in [0.29, 0.717) is 11.8 Å². The van der Waals surface area contributed by atoms with Crippen LogP contribution in [-0.2, 0) is 12.8 Å². The van der Waals surface area contributed by atoms with Crippen LogP contribution in [0.25, 0.3) is 0 Å². The Balaban J connectivity index is 1.59. The lowest BCUT2D eigenvalue weighted by atomic mass is 9.44. The number of aliphatic hydroxyl groups is 2. The average Bonchev–Trinajstić information content (AvgIpc) is 3.15. The molecular weight excluding hydrogens is 312 g/mol. The summed E-state index contributed by atoms with van der Waals surface area (Å²) in [5.74, 6) is 1.25. The van der Waals surface area contributed by atoms with Crippen LogP contribution < -0.4 is 0 Å². The molecule has 5 rings (SSSR count). The van der Waals surface area contributed by atoms with Crippen molar-refractivity contribution >= 4 is 0 Å². The molecule has 136 valence electrons. The first-order valence-corrected chi connectivity index (χ1v) is 9.92. The van der Waals surface area contributed by atoms with E-state index < -0.39 is 12.2 Å². The van der Waals surface area contributed by atoms with Gasteiger partial charge < -0.3 is 10.2 Å². The minimum atomic E-state index is -0.640. The van der Waals surface area contributed by atoms with Gasteiger partial charge in [-0.25, -0.2) is 0 Å². The number of hydrogen-bond donors (Lipinski definition) is 3. The van der Waals surface area contributed by atoms with E-state index >= 15 is 0 Å². The smallest absolute Gasteiger partial charge is 0.0839 e. The second-order valence-electron chi connectivity index (χ2n) is 9.74. The number of nitrogens with one attached hydrogen (secondary N) is 1. The first-order chi connectivity index (χ1) is 11.9. The summed E-state index contributed by atoms with van der Waals surface area (Å²) in [4.78, 5) is 0. The molecule has 1 heterocycles. The third kappa shape index (κ3) is 1.88. The van der Waals surface area contributed by atoms with Gasteiger partial charge in [0.1, 0.15) is 0 Å². The summed E-state index contributed by atoms with van der Waals surface area (Å²) in [7, 11) is 0. The number of aromatic nitrogens is 2. The van der Waals surface area contributed by atoms with Gasteiger partial charge in [-0.15, -0.1) is 0 Å². The van der Waals surface area contributed by atoms with Crippen molar-refractivity contribution < 1.29 is 10.2 Å². The van der Waals surface area contributed by atoms with Gasteiger partial charge in [0, 0.05) is 5.69 Å². The van der Waals surface area contributed by atoms with E-state index in [0.717, 1.165) is 37.8 Å². The molecule has 4 aliphatic carbocycles. The van der Waals surface area contributed by atoms with Crippen molar-refractivity contribution in [2.75, 3.05) is 0 Å². The molecule has 0 radical (unpaired) electrons. The maximum absolute atomic E-state index is 11.2. The Morgan fingerprint density at radius 1 is 1.16 bits per heavy atom. The van der Waals surface area contributed by atoms with E-state index in [2.05, 4.69) is 30.6 Å². The maximum atomic E-state index is 11.2. The van der Waals surface area contributed by atoms with Crippen LogP contribution in [-0.4, -0.2) is 32.6 Å². The van der Waals surface area contributed by atoms with Crippen molar-refractivity contribution in [3.63, 3.8) is 0 Å². The predicted octanol–water partition coefficient (Wildman–Crippen LogP) is 2.86. The van der Waals surface area contributed by atoms with Crippen LogP contribution in [0, 0.1) is 34.5 Å². The minimum absolute atomic E-state index is 0.0471. The van der Waals surface area contributed by atoms with Crippen LogP contribution in [0.2, 0.25) is 0 Å². The Morgan fingerprint density at radius 2 is 1.96 bits per heavy atom. The lowest BCUT2D eigenvalue weighted by Gasteiger charge is -2.62. The van der Waals surface area contributed by atoms with Gasteiger partial charge in [-0.1, -0.05) is 26.0 Å². The number of fused-ring (bicyclic) bond motifs is 6. The van der Waals surface area contributed by atoms with Gasteiger partial charge in [-0.05, 0) is 78.6 Å². The summed E-state index contributed by atoms with van der Waals surface area (Å²) in [5, 5.41) is 29.6. The fourth-order valence-electron chi connectivity index (χ4n) is 7.39. The second kappa shape index (κ2) is 4.98. The van der Waals surface area contributed by atoms with Crippen molar-refractivity contribution in [1.29, 1.82) is 0 Å². The lowest BCUT2D eigenvalue weighted by Crippen LogP contribution is -2.64. The molecule has 1 aromatic heterocycles. The van der Waals surface area contributed by atoms with Crippen LogP contribution in [0.1, 0.15) is 50.8 Å². The number of hydrogen-bond acceptors (Lipinski definition) is 3. The summed E-state index contributed by atoms with van der Waals surface area (Å²) in [5.41, 5.74) is 4.03. The fourth-order valence-corrected chi connectivity index (χ4v) is 7.39.